The van der Waals surface area contributed by atoms with E-state index in [1.165, 1.54) is 6.20 Å². The number of hydrogen-bond donors (Lipinski definition) is 3. The number of aromatic nitrogens is 6. The number of pyridine rings is 1. The smallest absolute Gasteiger partial charge is 0.323 e. The minimum atomic E-state index is -0.607. The molecule has 58 heavy (non-hydrogen) atoms. The number of rotatable bonds is 13. The first-order chi connectivity index (χ1) is 28.1. The van der Waals surface area contributed by atoms with Crippen LogP contribution in [-0.4, -0.2) is 102 Å². The Bertz CT molecular complexity index is 2350. The third-order valence-electron chi connectivity index (χ3n) is 10.9. The van der Waals surface area contributed by atoms with Gasteiger partial charge in [0.15, 0.2) is 5.65 Å². The average molecular weight is 809 g/mol. The maximum absolute atomic E-state index is 13.1. The molecule has 5 aromatic rings. The number of nitrogens with one attached hydrogen (secondary N) is 3. The van der Waals surface area contributed by atoms with Crippen LogP contribution >= 0.6 is 11.6 Å². The lowest BCUT2D eigenvalue weighted by molar-refractivity contribution is -0.136. The highest BCUT2D eigenvalue weighted by molar-refractivity contribution is 6.33. The van der Waals surface area contributed by atoms with E-state index in [0.29, 0.717) is 53.6 Å². The molecule has 7 heterocycles. The van der Waals surface area contributed by atoms with Gasteiger partial charge in [0.1, 0.15) is 11.7 Å². The van der Waals surface area contributed by atoms with Crippen LogP contribution in [0.15, 0.2) is 53.4 Å². The number of unbranched alkanes of at least 4 members (excludes halogenated alkanes) is 3. The molecule has 2 saturated heterocycles. The Kier molecular flexibility index (Phi) is 11.3. The van der Waals surface area contributed by atoms with Crippen molar-refractivity contribution in [2.75, 3.05) is 48.3 Å². The first kappa shape index (κ1) is 38.9. The largest absolute Gasteiger partial charge is 0.369 e. The van der Waals surface area contributed by atoms with Crippen LogP contribution in [-0.2, 0) is 22.6 Å². The molecule has 5 amide bonds. The van der Waals surface area contributed by atoms with Gasteiger partial charge in [-0.1, -0.05) is 43.4 Å². The normalized spacial score (nSPS) is 17.3. The Hall–Kier alpha value is -5.94. The Balaban J connectivity index is 0.740. The highest BCUT2D eigenvalue weighted by Gasteiger charge is 2.39. The molecule has 8 rings (SSSR count). The summed E-state index contributed by atoms with van der Waals surface area (Å²) in [5.74, 6) is 0.0701. The van der Waals surface area contributed by atoms with Crippen LogP contribution in [0, 0.1) is 0 Å². The highest BCUT2D eigenvalue weighted by Crippen LogP contribution is 2.32. The van der Waals surface area contributed by atoms with E-state index in [1.807, 2.05) is 26.0 Å². The summed E-state index contributed by atoms with van der Waals surface area (Å²) >= 11 is 6.55. The second kappa shape index (κ2) is 16.9. The number of aryl methyl sites for hydroxylation is 1. The summed E-state index contributed by atoms with van der Waals surface area (Å²) in [6, 6.07) is 8.27. The van der Waals surface area contributed by atoms with Crippen molar-refractivity contribution in [3.63, 3.8) is 0 Å². The molecule has 0 saturated carbocycles. The fraction of sp³-hybridized carbons (Fsp3) is 0.425. The van der Waals surface area contributed by atoms with E-state index in [4.69, 9.17) is 16.1 Å². The molecule has 1 unspecified atom stereocenters. The third-order valence-corrected chi connectivity index (χ3v) is 11.2. The number of amides is 5. The number of carbonyl (C=O) groups is 4. The first-order valence-corrected chi connectivity index (χ1v) is 20.1. The maximum atomic E-state index is 13.1. The van der Waals surface area contributed by atoms with Crippen molar-refractivity contribution >= 4 is 58.1 Å². The molecule has 0 spiro atoms. The summed E-state index contributed by atoms with van der Waals surface area (Å²) in [5.41, 5.74) is 5.49. The number of hydrogen-bond acceptors (Lipinski definition) is 12. The number of imide groups is 1. The van der Waals surface area contributed by atoms with E-state index in [9.17, 15) is 19.2 Å². The van der Waals surface area contributed by atoms with Gasteiger partial charge in [-0.15, -0.1) is 0 Å². The predicted molar refractivity (Wildman–Crippen MR) is 216 cm³/mol. The van der Waals surface area contributed by atoms with Gasteiger partial charge in [-0.25, -0.2) is 19.3 Å². The van der Waals surface area contributed by atoms with Crippen LogP contribution < -0.4 is 20.9 Å². The van der Waals surface area contributed by atoms with Gasteiger partial charge in [0.25, 0.3) is 5.91 Å². The van der Waals surface area contributed by atoms with Crippen molar-refractivity contribution in [3.05, 3.63) is 76.7 Å². The maximum Gasteiger partial charge on any atom is 0.323 e. The van der Waals surface area contributed by atoms with Crippen molar-refractivity contribution in [1.29, 1.82) is 0 Å². The molecule has 3 aliphatic rings. The zero-order valence-corrected chi connectivity index (χ0v) is 33.2. The standard InChI is InChI=1S/C40H45ClN12O5/c1-24(2)36-30(22-42-32-12-13-44-53(32)36)46-40(57)45-26-20-29(41)35(43-21-26)37-48-34(58-49-37)7-5-3-4-6-14-50-15-17-51(18-16-50)27-8-9-28-25(19-27)23-52(39(28)56)31-10-11-33(54)47-38(31)55/h8-9,12-13,19-22,24,31H,3-7,10-11,14-18,23H2,1-2H3,(H2,45,46,57)(H,47,54,55). The summed E-state index contributed by atoms with van der Waals surface area (Å²) in [7, 11) is 0. The molecule has 302 valence electrons. The van der Waals surface area contributed by atoms with E-state index < -0.39 is 18.0 Å². The number of nitrogens with zero attached hydrogens (tertiary/aromatic N) is 9. The van der Waals surface area contributed by atoms with Crippen LogP contribution in [0.3, 0.4) is 0 Å². The van der Waals surface area contributed by atoms with Crippen LogP contribution in [0.1, 0.15) is 85.8 Å². The third kappa shape index (κ3) is 8.36. The zero-order chi connectivity index (χ0) is 40.3. The molecule has 2 fully saturated rings. The number of piperazine rings is 1. The molecule has 3 aliphatic heterocycles. The molecular weight excluding hydrogens is 764 g/mol. The molecule has 1 aromatic carbocycles. The number of benzene rings is 1. The van der Waals surface area contributed by atoms with E-state index >= 15 is 0 Å². The van der Waals surface area contributed by atoms with Crippen LogP contribution in [0.25, 0.3) is 17.2 Å². The van der Waals surface area contributed by atoms with Crippen LogP contribution in [0.4, 0.5) is 21.9 Å². The lowest BCUT2D eigenvalue weighted by atomic mass is 10.0. The molecule has 17 nitrogen and oxygen atoms in total. The summed E-state index contributed by atoms with van der Waals surface area (Å²) in [4.78, 5) is 69.7. The van der Waals surface area contributed by atoms with Crippen molar-refractivity contribution in [1.82, 2.24) is 44.8 Å². The van der Waals surface area contributed by atoms with Gasteiger partial charge in [-0.3, -0.25) is 24.6 Å². The molecule has 0 radical (unpaired) electrons. The van der Waals surface area contributed by atoms with Gasteiger partial charge in [-0.05, 0) is 61.6 Å². The molecule has 4 aromatic heterocycles. The number of fused-ring (bicyclic) bond motifs is 2. The van der Waals surface area contributed by atoms with E-state index in [2.05, 4.69) is 57.0 Å². The summed E-state index contributed by atoms with van der Waals surface area (Å²) in [6.45, 7) is 9.18. The monoisotopic (exact) mass is 808 g/mol. The van der Waals surface area contributed by atoms with Gasteiger partial charge < -0.3 is 25.0 Å². The van der Waals surface area contributed by atoms with Crippen LogP contribution in [0.5, 0.6) is 0 Å². The van der Waals surface area contributed by atoms with E-state index in [0.717, 1.165) is 75.4 Å². The second-order valence-corrected chi connectivity index (χ2v) is 15.6. The number of anilines is 3. The molecule has 18 heteroatoms. The van der Waals surface area contributed by atoms with Gasteiger partial charge in [0.05, 0.1) is 40.7 Å². The number of piperidine rings is 1. The van der Waals surface area contributed by atoms with Crippen LogP contribution in [0.2, 0.25) is 5.02 Å². The fourth-order valence-corrected chi connectivity index (χ4v) is 8.15. The fourth-order valence-electron chi connectivity index (χ4n) is 7.90. The summed E-state index contributed by atoms with van der Waals surface area (Å²) in [6.07, 6.45) is 10.2. The van der Waals surface area contributed by atoms with Crippen molar-refractivity contribution in [2.24, 2.45) is 0 Å². The van der Waals surface area contributed by atoms with Gasteiger partial charge in [0, 0.05) is 62.9 Å². The first-order valence-electron chi connectivity index (χ1n) is 19.8. The van der Waals surface area contributed by atoms with Crippen molar-refractivity contribution in [3.8, 4) is 11.5 Å². The minimum absolute atomic E-state index is 0.0843. The number of halogens is 1. The topological polar surface area (TPSA) is 196 Å². The lowest BCUT2D eigenvalue weighted by Crippen LogP contribution is -2.52. The highest BCUT2D eigenvalue weighted by atomic mass is 35.5. The predicted octanol–water partition coefficient (Wildman–Crippen LogP) is 5.28. The molecule has 0 bridgehead atoms. The van der Waals surface area contributed by atoms with E-state index in [-0.39, 0.29) is 35.0 Å². The summed E-state index contributed by atoms with van der Waals surface area (Å²) < 4.78 is 7.21. The Morgan fingerprint density at radius 3 is 2.62 bits per heavy atom. The Morgan fingerprint density at radius 1 is 1.00 bits per heavy atom. The zero-order valence-electron chi connectivity index (χ0n) is 32.4. The molecular formula is C40H45ClN12O5. The molecule has 1 atom stereocenters. The number of carbonyl (C=O) groups excluding carboxylic acids is 4. The van der Waals surface area contributed by atoms with Crippen molar-refractivity contribution < 1.29 is 23.7 Å². The molecule has 3 N–H and O–H groups in total. The van der Waals surface area contributed by atoms with Gasteiger partial charge in [-0.2, -0.15) is 10.1 Å². The average Bonchev–Trinajstić information content (AvgIpc) is 3.95. The quantitative estimate of drug-likeness (QED) is 0.103. The minimum Gasteiger partial charge on any atom is -0.369 e. The summed E-state index contributed by atoms with van der Waals surface area (Å²) in [5, 5.41) is 16.7. The Labute approximate surface area is 339 Å². The molecule has 0 aliphatic carbocycles. The second-order valence-electron chi connectivity index (χ2n) is 15.2. The van der Waals surface area contributed by atoms with Gasteiger partial charge >= 0.3 is 6.03 Å². The van der Waals surface area contributed by atoms with Crippen molar-refractivity contribution in [2.45, 2.75) is 77.3 Å². The van der Waals surface area contributed by atoms with Gasteiger partial charge in [0.2, 0.25) is 23.5 Å². The Morgan fingerprint density at radius 2 is 1.83 bits per heavy atom. The SMILES string of the molecule is CC(C)c1c(NC(=O)Nc2cnc(-c3noc(CCCCCCN4CCN(c5ccc6c(c5)CN(C5CCC(=O)NC5=O)C6=O)CC4)n3)c(Cl)c2)cnc2ccnn12. The number of urea groups is 1. The van der Waals surface area contributed by atoms with E-state index in [1.54, 1.807) is 33.9 Å². The lowest BCUT2D eigenvalue weighted by Gasteiger charge is -2.36.